The average Bonchev–Trinajstić information content (AvgIpc) is 2.89. The Bertz CT molecular complexity index is 1680. The molecule has 8 heteroatoms. The normalized spacial score (nSPS) is 15.0. The van der Waals surface area contributed by atoms with Gasteiger partial charge in [0.1, 0.15) is 12.0 Å². The van der Waals surface area contributed by atoms with Gasteiger partial charge in [-0.3, -0.25) is 9.59 Å². The molecule has 0 fully saturated rings. The minimum absolute atomic E-state index is 0.144. The van der Waals surface area contributed by atoms with E-state index in [1.807, 2.05) is 89.8 Å². The third kappa shape index (κ3) is 4.02. The Morgan fingerprint density at radius 3 is 2.25 bits per heavy atom. The van der Waals surface area contributed by atoms with Crippen molar-refractivity contribution in [2.24, 2.45) is 0 Å². The molecule has 176 valence electrons. The molecule has 2 heterocycles. The highest BCUT2D eigenvalue weighted by Crippen LogP contribution is 2.40. The molecule has 0 saturated heterocycles. The summed E-state index contributed by atoms with van der Waals surface area (Å²) >= 11 is 6.91. The average molecular weight is 602 g/mol. The van der Waals surface area contributed by atoms with Gasteiger partial charge in [0.15, 0.2) is 0 Å². The second kappa shape index (κ2) is 9.04. The summed E-state index contributed by atoms with van der Waals surface area (Å²) in [5.74, 6) is 0.366. The van der Waals surface area contributed by atoms with Gasteiger partial charge >= 0.3 is 0 Å². The van der Waals surface area contributed by atoms with E-state index in [9.17, 15) is 9.59 Å². The Balaban J connectivity index is 1.50. The lowest BCUT2D eigenvalue weighted by Gasteiger charge is -2.39. The predicted octanol–water partition coefficient (Wildman–Crippen LogP) is 6.70. The molecule has 2 N–H and O–H groups in total. The Labute approximate surface area is 223 Å². The molecule has 1 unspecified atom stereocenters. The van der Waals surface area contributed by atoms with Crippen LogP contribution in [0.4, 0.5) is 11.4 Å². The number of rotatable bonds is 3. The summed E-state index contributed by atoms with van der Waals surface area (Å²) in [4.78, 5) is 35.8. The Hall–Kier alpha value is -3.75. The molecular weight excluding hydrogens is 584 g/mol. The summed E-state index contributed by atoms with van der Waals surface area (Å²) in [6.45, 7) is 0. The zero-order chi connectivity index (χ0) is 24.8. The smallest absolute Gasteiger partial charge is 0.259 e. The van der Waals surface area contributed by atoms with E-state index in [-0.39, 0.29) is 11.5 Å². The Kier molecular flexibility index (Phi) is 5.70. The number of carbonyl (C=O) groups excluding carboxylic acids is 1. The molecule has 1 aliphatic rings. The molecule has 1 amide bonds. The van der Waals surface area contributed by atoms with Gasteiger partial charge < -0.3 is 15.2 Å². The first-order chi connectivity index (χ1) is 17.5. The lowest BCUT2D eigenvalue weighted by atomic mass is 10.0. The number of halogens is 2. The first-order valence-electron chi connectivity index (χ1n) is 11.2. The fourth-order valence-corrected chi connectivity index (χ4v) is 5.00. The van der Waals surface area contributed by atoms with Crippen LogP contribution in [0, 0.1) is 0 Å². The van der Waals surface area contributed by atoms with Gasteiger partial charge in [0.2, 0.25) is 0 Å². The van der Waals surface area contributed by atoms with Crippen molar-refractivity contribution in [2.45, 2.75) is 6.17 Å². The van der Waals surface area contributed by atoms with Crippen molar-refractivity contribution < 1.29 is 4.79 Å². The van der Waals surface area contributed by atoms with E-state index in [2.05, 4.69) is 42.2 Å². The van der Waals surface area contributed by atoms with Crippen molar-refractivity contribution in [2.75, 3.05) is 4.90 Å². The van der Waals surface area contributed by atoms with E-state index < -0.39 is 6.17 Å². The molecule has 36 heavy (non-hydrogen) atoms. The van der Waals surface area contributed by atoms with Gasteiger partial charge in [-0.2, -0.15) is 0 Å². The van der Waals surface area contributed by atoms with Gasteiger partial charge in [0, 0.05) is 20.2 Å². The highest BCUT2D eigenvalue weighted by Gasteiger charge is 2.33. The number of hydrogen-bond acceptors (Lipinski definition) is 4. The maximum absolute atomic E-state index is 13.2. The van der Waals surface area contributed by atoms with E-state index in [4.69, 9.17) is 4.98 Å². The summed E-state index contributed by atoms with van der Waals surface area (Å²) in [6.07, 6.45) is -0.452. The molecular formula is C28H18Br2N4O2. The van der Waals surface area contributed by atoms with Crippen LogP contribution < -0.4 is 15.8 Å². The second-order valence-electron chi connectivity index (χ2n) is 8.44. The monoisotopic (exact) mass is 600 g/mol. The molecule has 1 aliphatic heterocycles. The second-order valence-corrected chi connectivity index (χ2v) is 10.3. The minimum Gasteiger partial charge on any atom is -0.327 e. The van der Waals surface area contributed by atoms with Crippen molar-refractivity contribution in [3.63, 3.8) is 0 Å². The predicted molar refractivity (Wildman–Crippen MR) is 148 cm³/mol. The van der Waals surface area contributed by atoms with Gasteiger partial charge in [-0.15, -0.1) is 0 Å². The quantitative estimate of drug-likeness (QED) is 0.241. The van der Waals surface area contributed by atoms with Gasteiger partial charge in [-0.25, -0.2) is 4.98 Å². The summed E-state index contributed by atoms with van der Waals surface area (Å²) < 4.78 is 1.90. The van der Waals surface area contributed by atoms with Crippen molar-refractivity contribution in [1.29, 1.82) is 0 Å². The number of aromatic amines is 1. The van der Waals surface area contributed by atoms with Crippen LogP contribution in [0.5, 0.6) is 0 Å². The zero-order valence-corrected chi connectivity index (χ0v) is 21.9. The molecule has 4 aromatic carbocycles. The van der Waals surface area contributed by atoms with Gasteiger partial charge in [0.25, 0.3) is 11.5 Å². The van der Waals surface area contributed by atoms with Crippen molar-refractivity contribution in [1.82, 2.24) is 15.3 Å². The van der Waals surface area contributed by atoms with Crippen molar-refractivity contribution in [3.05, 3.63) is 121 Å². The molecule has 0 saturated carbocycles. The number of fused-ring (bicyclic) bond motifs is 2. The zero-order valence-electron chi connectivity index (χ0n) is 18.7. The number of H-pyrrole nitrogens is 1. The van der Waals surface area contributed by atoms with E-state index in [0.29, 0.717) is 22.3 Å². The maximum Gasteiger partial charge on any atom is 0.259 e. The molecule has 1 atom stereocenters. The molecule has 5 aromatic rings. The molecule has 1 aromatic heterocycles. The number of amides is 1. The van der Waals surface area contributed by atoms with Crippen LogP contribution in [0.25, 0.3) is 22.3 Å². The number of aromatic nitrogens is 2. The fraction of sp³-hybridized carbons (Fsp3) is 0.0357. The highest BCUT2D eigenvalue weighted by atomic mass is 79.9. The summed E-state index contributed by atoms with van der Waals surface area (Å²) in [5, 5.41) is 3.59. The Morgan fingerprint density at radius 1 is 0.806 bits per heavy atom. The summed E-state index contributed by atoms with van der Waals surface area (Å²) in [5.41, 5.74) is 4.21. The van der Waals surface area contributed by atoms with Crippen LogP contribution in [0.1, 0.15) is 22.1 Å². The molecule has 0 bridgehead atoms. The molecule has 0 aliphatic carbocycles. The number of benzene rings is 4. The van der Waals surface area contributed by atoms with E-state index in [1.54, 1.807) is 6.07 Å². The number of nitrogens with one attached hydrogen (secondary N) is 2. The van der Waals surface area contributed by atoms with E-state index in [1.165, 1.54) is 0 Å². The van der Waals surface area contributed by atoms with Crippen molar-refractivity contribution in [3.8, 4) is 11.4 Å². The van der Waals surface area contributed by atoms with Crippen LogP contribution in [-0.2, 0) is 0 Å². The van der Waals surface area contributed by atoms with Gasteiger partial charge in [-0.05, 0) is 60.2 Å². The summed E-state index contributed by atoms with van der Waals surface area (Å²) in [7, 11) is 0. The first-order valence-corrected chi connectivity index (χ1v) is 12.8. The Morgan fingerprint density at radius 2 is 1.50 bits per heavy atom. The number of hydrogen-bond donors (Lipinski definition) is 2. The molecule has 0 spiro atoms. The maximum atomic E-state index is 13.2. The third-order valence-electron chi connectivity index (χ3n) is 6.20. The van der Waals surface area contributed by atoms with Gasteiger partial charge in [0.05, 0.1) is 22.2 Å². The van der Waals surface area contributed by atoms with E-state index in [0.717, 1.165) is 31.4 Å². The molecule has 6 nitrogen and oxygen atoms in total. The summed E-state index contributed by atoms with van der Waals surface area (Å²) in [6, 6.07) is 28.5. The lowest BCUT2D eigenvalue weighted by Crippen LogP contribution is -2.44. The van der Waals surface area contributed by atoms with Crippen LogP contribution >= 0.6 is 31.9 Å². The minimum atomic E-state index is -0.452. The van der Waals surface area contributed by atoms with Crippen LogP contribution in [0.15, 0.2) is 105 Å². The number of nitrogens with zero attached hydrogens (tertiary/aromatic N) is 2. The van der Waals surface area contributed by atoms with Crippen LogP contribution in [0.2, 0.25) is 0 Å². The number of carbonyl (C=O) groups is 1. The molecule has 6 rings (SSSR count). The number of para-hydroxylation sites is 1. The standard InChI is InChI=1S/C28H18Br2N4O2/c29-18-9-5-16(6-10-18)25-31-23-14-13-20(15-22(23)28(36)32-25)34-24-4-2-1-3-21(24)27(35)33-26(34)17-7-11-19(30)12-8-17/h1-15,26H,(H,33,35)(H,31,32,36). The largest absolute Gasteiger partial charge is 0.327 e. The lowest BCUT2D eigenvalue weighted by molar-refractivity contribution is 0.0930. The van der Waals surface area contributed by atoms with Crippen LogP contribution in [0.3, 0.4) is 0 Å². The highest BCUT2D eigenvalue weighted by molar-refractivity contribution is 9.10. The fourth-order valence-electron chi connectivity index (χ4n) is 4.47. The van der Waals surface area contributed by atoms with Gasteiger partial charge in [-0.1, -0.05) is 68.3 Å². The molecule has 0 radical (unpaired) electrons. The van der Waals surface area contributed by atoms with E-state index >= 15 is 0 Å². The first kappa shape index (κ1) is 22.7. The topological polar surface area (TPSA) is 78.1 Å². The number of anilines is 2. The van der Waals surface area contributed by atoms with Crippen LogP contribution in [-0.4, -0.2) is 15.9 Å². The van der Waals surface area contributed by atoms with Crippen molar-refractivity contribution >= 4 is 60.0 Å². The third-order valence-corrected chi connectivity index (χ3v) is 7.26. The SMILES string of the molecule is O=C1NC(c2ccc(Br)cc2)N(c2ccc3nc(-c4ccc(Br)cc4)[nH]c(=O)c3c2)c2ccccc21.